The zero-order chi connectivity index (χ0) is 22.8. The summed E-state index contributed by atoms with van der Waals surface area (Å²) in [5.41, 5.74) is 1.53. The number of hydrogen-bond acceptors (Lipinski definition) is 7. The molecular weight excluding hydrogens is 432 g/mol. The van der Waals surface area contributed by atoms with E-state index in [2.05, 4.69) is 15.6 Å². The van der Waals surface area contributed by atoms with Gasteiger partial charge in [-0.25, -0.2) is 0 Å². The van der Waals surface area contributed by atoms with Crippen LogP contribution in [-0.4, -0.2) is 64.7 Å². The van der Waals surface area contributed by atoms with Gasteiger partial charge in [0.05, 0.1) is 44.0 Å². The van der Waals surface area contributed by atoms with Crippen molar-refractivity contribution in [3.05, 3.63) is 48.3 Å². The van der Waals surface area contributed by atoms with Crippen LogP contribution in [0.3, 0.4) is 0 Å². The molecule has 1 saturated heterocycles. The number of methoxy groups -OCH3 is 2. The number of rotatable bonds is 6. The quantitative estimate of drug-likeness (QED) is 0.462. The number of anilines is 1. The van der Waals surface area contributed by atoms with E-state index < -0.39 is 30.2 Å². The molecule has 2 aromatic rings. The van der Waals surface area contributed by atoms with E-state index in [0.29, 0.717) is 28.8 Å². The van der Waals surface area contributed by atoms with Crippen molar-refractivity contribution < 1.29 is 24.5 Å². The number of carbonyl (C=O) groups excluding carboxylic acids is 1. The van der Waals surface area contributed by atoms with Gasteiger partial charge in [-0.15, -0.1) is 0 Å². The van der Waals surface area contributed by atoms with Gasteiger partial charge in [-0.1, -0.05) is 6.07 Å². The summed E-state index contributed by atoms with van der Waals surface area (Å²) in [6.45, 7) is 0.310. The van der Waals surface area contributed by atoms with Crippen molar-refractivity contribution in [1.82, 2.24) is 15.6 Å². The maximum Gasteiger partial charge on any atom is 0.225 e. The van der Waals surface area contributed by atoms with E-state index in [9.17, 15) is 15.0 Å². The Kier molecular flexibility index (Phi) is 6.45. The fourth-order valence-electron chi connectivity index (χ4n) is 4.40. The summed E-state index contributed by atoms with van der Waals surface area (Å²) in [5.74, 6) is 0.278. The highest BCUT2D eigenvalue weighted by atomic mass is 32.1. The first-order valence-electron chi connectivity index (χ1n) is 10.3. The fraction of sp³-hybridized carbons (Fsp3) is 0.409. The van der Waals surface area contributed by atoms with E-state index in [-0.39, 0.29) is 12.3 Å². The number of amides is 1. The molecule has 1 aromatic carbocycles. The molecule has 1 aliphatic heterocycles. The van der Waals surface area contributed by atoms with E-state index in [0.717, 1.165) is 5.56 Å². The SMILES string of the molecule is COc1cc(OC)cc(N2C(=S)N[C@H]3[C@@H](O)[C@H](O)C[C@@H](C(=O)NCc4cccnc4)[C@H]32)c1. The molecule has 5 atom stereocenters. The Balaban J connectivity index is 1.65. The van der Waals surface area contributed by atoms with Crippen molar-refractivity contribution in [3.8, 4) is 11.5 Å². The van der Waals surface area contributed by atoms with E-state index in [4.69, 9.17) is 21.7 Å². The number of hydrogen-bond donors (Lipinski definition) is 4. The Hall–Kier alpha value is -2.95. The van der Waals surface area contributed by atoms with Crippen LogP contribution >= 0.6 is 12.2 Å². The second kappa shape index (κ2) is 9.27. The highest BCUT2D eigenvalue weighted by Crippen LogP contribution is 2.39. The second-order valence-corrected chi connectivity index (χ2v) is 8.27. The summed E-state index contributed by atoms with van der Waals surface area (Å²) in [5, 5.41) is 27.5. The molecule has 32 heavy (non-hydrogen) atoms. The summed E-state index contributed by atoms with van der Waals surface area (Å²) in [6, 6.07) is 7.88. The lowest BCUT2D eigenvalue weighted by atomic mass is 9.77. The molecule has 0 bridgehead atoms. The fourth-order valence-corrected chi connectivity index (χ4v) is 4.76. The first kappa shape index (κ1) is 22.3. The highest BCUT2D eigenvalue weighted by Gasteiger charge is 2.54. The normalized spacial score (nSPS) is 26.8. The van der Waals surface area contributed by atoms with E-state index in [1.807, 2.05) is 6.07 Å². The monoisotopic (exact) mass is 458 g/mol. The minimum absolute atomic E-state index is 0.100. The van der Waals surface area contributed by atoms with Crippen molar-refractivity contribution in [1.29, 1.82) is 0 Å². The number of nitrogens with zero attached hydrogens (tertiary/aromatic N) is 2. The van der Waals surface area contributed by atoms with Crippen LogP contribution in [-0.2, 0) is 11.3 Å². The molecule has 4 rings (SSSR count). The predicted octanol–water partition coefficient (Wildman–Crippen LogP) is 0.589. The van der Waals surface area contributed by atoms with Crippen LogP contribution in [0.25, 0.3) is 0 Å². The molecule has 1 saturated carbocycles. The van der Waals surface area contributed by atoms with Crippen molar-refractivity contribution in [2.45, 2.75) is 37.3 Å². The van der Waals surface area contributed by atoms with Gasteiger partial charge in [0, 0.05) is 37.1 Å². The highest BCUT2D eigenvalue weighted by molar-refractivity contribution is 7.80. The van der Waals surface area contributed by atoms with E-state index in [1.54, 1.807) is 55.8 Å². The van der Waals surface area contributed by atoms with Gasteiger partial charge in [-0.2, -0.15) is 0 Å². The van der Waals surface area contributed by atoms with Crippen molar-refractivity contribution in [3.63, 3.8) is 0 Å². The first-order chi connectivity index (χ1) is 15.4. The van der Waals surface area contributed by atoms with Crippen LogP contribution in [0.15, 0.2) is 42.7 Å². The minimum atomic E-state index is -1.07. The summed E-state index contributed by atoms with van der Waals surface area (Å²) in [7, 11) is 3.11. The molecule has 2 heterocycles. The number of aliphatic hydroxyl groups excluding tert-OH is 2. The van der Waals surface area contributed by atoms with Crippen LogP contribution in [0.4, 0.5) is 5.69 Å². The number of carbonyl (C=O) groups is 1. The molecule has 170 valence electrons. The number of thiocarbonyl (C=S) groups is 1. The lowest BCUT2D eigenvalue weighted by Crippen LogP contribution is -2.60. The lowest BCUT2D eigenvalue weighted by Gasteiger charge is -2.41. The maximum atomic E-state index is 13.2. The molecule has 0 unspecified atom stereocenters. The zero-order valence-corrected chi connectivity index (χ0v) is 18.6. The Morgan fingerprint density at radius 2 is 2.00 bits per heavy atom. The van der Waals surface area contributed by atoms with Gasteiger partial charge in [0.1, 0.15) is 17.6 Å². The first-order valence-corrected chi connectivity index (χ1v) is 10.7. The summed E-state index contributed by atoms with van der Waals surface area (Å²) in [6.07, 6.45) is 1.32. The largest absolute Gasteiger partial charge is 0.497 e. The molecule has 10 heteroatoms. The Bertz CT molecular complexity index is 969. The van der Waals surface area contributed by atoms with Gasteiger partial charge in [0.15, 0.2) is 5.11 Å². The van der Waals surface area contributed by atoms with E-state index in [1.165, 1.54) is 0 Å². The summed E-state index contributed by atoms with van der Waals surface area (Å²) >= 11 is 5.57. The van der Waals surface area contributed by atoms with Crippen LogP contribution in [0, 0.1) is 5.92 Å². The molecular formula is C22H26N4O5S. The number of pyridine rings is 1. The molecule has 4 N–H and O–H groups in total. The smallest absolute Gasteiger partial charge is 0.225 e. The number of fused-ring (bicyclic) bond motifs is 1. The van der Waals surface area contributed by atoms with Crippen LogP contribution in [0.5, 0.6) is 11.5 Å². The summed E-state index contributed by atoms with van der Waals surface area (Å²) < 4.78 is 10.8. The van der Waals surface area contributed by atoms with Gasteiger partial charge in [0.25, 0.3) is 0 Å². The Morgan fingerprint density at radius 1 is 1.28 bits per heavy atom. The molecule has 1 amide bonds. The average molecular weight is 459 g/mol. The topological polar surface area (TPSA) is 116 Å². The molecule has 2 fully saturated rings. The number of nitrogens with one attached hydrogen (secondary N) is 2. The van der Waals surface area contributed by atoms with Crippen molar-refractivity contribution >= 4 is 28.9 Å². The van der Waals surface area contributed by atoms with Crippen LogP contribution in [0.2, 0.25) is 0 Å². The third-order valence-electron chi connectivity index (χ3n) is 5.99. The minimum Gasteiger partial charge on any atom is -0.497 e. The molecule has 9 nitrogen and oxygen atoms in total. The predicted molar refractivity (Wildman–Crippen MR) is 122 cm³/mol. The molecule has 1 aromatic heterocycles. The average Bonchev–Trinajstić information content (AvgIpc) is 3.17. The van der Waals surface area contributed by atoms with Gasteiger partial charge in [-0.05, 0) is 30.3 Å². The molecule has 1 aliphatic carbocycles. The number of benzene rings is 1. The second-order valence-electron chi connectivity index (χ2n) is 7.89. The van der Waals surface area contributed by atoms with Crippen molar-refractivity contribution in [2.24, 2.45) is 5.92 Å². The Labute approximate surface area is 191 Å². The van der Waals surface area contributed by atoms with E-state index >= 15 is 0 Å². The van der Waals surface area contributed by atoms with Gasteiger partial charge in [-0.3, -0.25) is 9.78 Å². The number of ether oxygens (including phenoxy) is 2. The third kappa shape index (κ3) is 4.21. The standard InChI is InChI=1S/C22H26N4O5S/c1-30-14-6-13(7-15(8-14)31-2)26-19-16(9-17(27)20(28)18(19)25-22(26)32)21(29)24-11-12-4-3-5-23-10-12/h3-8,10,16-20,27-28H,9,11H2,1-2H3,(H,24,29)(H,25,32)/t16-,17-,18-,19-,20+/m1/s1. The number of aliphatic hydroxyl groups is 2. The van der Waals surface area contributed by atoms with Crippen molar-refractivity contribution in [2.75, 3.05) is 19.1 Å². The summed E-state index contributed by atoms with van der Waals surface area (Å²) in [4.78, 5) is 19.1. The maximum absolute atomic E-state index is 13.2. The van der Waals surface area contributed by atoms with Crippen LogP contribution < -0.4 is 25.0 Å². The molecule has 0 spiro atoms. The van der Waals surface area contributed by atoms with Gasteiger partial charge < -0.3 is 35.2 Å². The van der Waals surface area contributed by atoms with Crippen LogP contribution in [0.1, 0.15) is 12.0 Å². The molecule has 2 aliphatic rings. The van der Waals surface area contributed by atoms with Gasteiger partial charge >= 0.3 is 0 Å². The zero-order valence-electron chi connectivity index (χ0n) is 17.8. The third-order valence-corrected chi connectivity index (χ3v) is 6.30. The number of aromatic nitrogens is 1. The lowest BCUT2D eigenvalue weighted by molar-refractivity contribution is -0.131. The van der Waals surface area contributed by atoms with Gasteiger partial charge in [0.2, 0.25) is 5.91 Å². The molecule has 0 radical (unpaired) electrons. The Morgan fingerprint density at radius 3 is 2.62 bits per heavy atom.